The van der Waals surface area contributed by atoms with E-state index in [9.17, 15) is 9.18 Å². The minimum absolute atomic E-state index is 0.0825. The van der Waals surface area contributed by atoms with E-state index in [4.69, 9.17) is 0 Å². The lowest BCUT2D eigenvalue weighted by molar-refractivity contribution is 0.238. The molecule has 1 aliphatic carbocycles. The van der Waals surface area contributed by atoms with E-state index in [0.717, 1.165) is 29.7 Å². The molecule has 0 bridgehead atoms. The van der Waals surface area contributed by atoms with Gasteiger partial charge in [0.15, 0.2) is 5.82 Å². The summed E-state index contributed by atoms with van der Waals surface area (Å²) >= 11 is 0. The van der Waals surface area contributed by atoms with E-state index in [1.807, 2.05) is 34.7 Å². The zero-order valence-electron chi connectivity index (χ0n) is 15.5. The second-order valence-corrected chi connectivity index (χ2v) is 7.40. The highest BCUT2D eigenvalue weighted by molar-refractivity contribution is 5.80. The van der Waals surface area contributed by atoms with Crippen LogP contribution in [0.4, 0.5) is 4.39 Å². The van der Waals surface area contributed by atoms with Crippen LogP contribution in [0.5, 0.6) is 0 Å². The Balaban J connectivity index is 1.58. The third kappa shape index (κ3) is 2.88. The van der Waals surface area contributed by atoms with Gasteiger partial charge in [0, 0.05) is 19.6 Å². The van der Waals surface area contributed by atoms with Crippen molar-refractivity contribution in [2.45, 2.75) is 32.0 Å². The lowest BCUT2D eigenvalue weighted by Gasteiger charge is -2.21. The summed E-state index contributed by atoms with van der Waals surface area (Å²) in [5.41, 5.74) is 1.67. The number of para-hydroxylation sites is 1. The number of hydrogen-bond donors (Lipinski definition) is 0. The third-order valence-electron chi connectivity index (χ3n) is 5.38. The molecule has 0 N–H and O–H groups in total. The molecule has 0 atom stereocenters. The zero-order valence-corrected chi connectivity index (χ0v) is 15.5. The fourth-order valence-corrected chi connectivity index (χ4v) is 3.80. The van der Waals surface area contributed by atoms with Crippen LogP contribution in [0.25, 0.3) is 16.7 Å². The van der Waals surface area contributed by atoms with Crippen LogP contribution in [0.3, 0.4) is 0 Å². The zero-order chi connectivity index (χ0) is 19.3. The summed E-state index contributed by atoms with van der Waals surface area (Å²) < 4.78 is 17.1. The SMILES string of the molecule is Cn1c(=O)c2ccccc2n2c(CN(Cc3cccc(F)c3)C3CC3)nnc12. The van der Waals surface area contributed by atoms with Gasteiger partial charge in [0.05, 0.1) is 17.4 Å². The molecule has 5 rings (SSSR count). The molecule has 2 aromatic carbocycles. The minimum atomic E-state index is -0.220. The Kier molecular flexibility index (Phi) is 3.98. The summed E-state index contributed by atoms with van der Waals surface area (Å²) in [6, 6.07) is 14.7. The van der Waals surface area contributed by atoms with Gasteiger partial charge in [0.25, 0.3) is 5.56 Å². The highest BCUT2D eigenvalue weighted by Crippen LogP contribution is 2.30. The molecule has 2 aromatic heterocycles. The first kappa shape index (κ1) is 17.1. The van der Waals surface area contributed by atoms with Crippen molar-refractivity contribution in [1.29, 1.82) is 0 Å². The number of aromatic nitrogens is 4. The summed E-state index contributed by atoms with van der Waals surface area (Å²) in [4.78, 5) is 14.9. The standard InChI is InChI=1S/C21H20FN5O/c1-25-20(28)17-7-2-3-8-18(17)27-19(23-24-21(25)27)13-26(16-9-10-16)12-14-5-4-6-15(22)11-14/h2-8,11,16H,9-10,12-13H2,1H3. The Morgan fingerprint density at radius 1 is 1.11 bits per heavy atom. The van der Waals surface area contributed by atoms with Crippen molar-refractivity contribution in [3.05, 3.63) is 76.1 Å². The van der Waals surface area contributed by atoms with Crippen molar-refractivity contribution < 1.29 is 4.39 Å². The number of nitrogens with zero attached hydrogens (tertiary/aromatic N) is 5. The maximum absolute atomic E-state index is 13.6. The van der Waals surface area contributed by atoms with Gasteiger partial charge >= 0.3 is 0 Å². The van der Waals surface area contributed by atoms with Gasteiger partial charge < -0.3 is 0 Å². The molecule has 0 radical (unpaired) electrons. The summed E-state index contributed by atoms with van der Waals surface area (Å²) in [6.45, 7) is 1.24. The molecule has 7 heteroatoms. The lowest BCUT2D eigenvalue weighted by atomic mass is 10.2. The average molecular weight is 377 g/mol. The molecule has 142 valence electrons. The van der Waals surface area contributed by atoms with Gasteiger partial charge in [-0.3, -0.25) is 18.7 Å². The molecule has 2 heterocycles. The molecular formula is C21H20FN5O. The Labute approximate surface area is 160 Å². The topological polar surface area (TPSA) is 55.4 Å². The van der Waals surface area contributed by atoms with Crippen LogP contribution in [0, 0.1) is 5.82 Å². The third-order valence-corrected chi connectivity index (χ3v) is 5.38. The highest BCUT2D eigenvalue weighted by atomic mass is 19.1. The molecule has 0 spiro atoms. The van der Waals surface area contributed by atoms with Crippen molar-refractivity contribution in [2.24, 2.45) is 7.05 Å². The second kappa shape index (κ2) is 6.53. The Morgan fingerprint density at radius 2 is 1.93 bits per heavy atom. The number of benzene rings is 2. The predicted octanol–water partition coefficient (Wildman–Crippen LogP) is 2.88. The molecule has 28 heavy (non-hydrogen) atoms. The predicted molar refractivity (Wildman–Crippen MR) is 104 cm³/mol. The van der Waals surface area contributed by atoms with Gasteiger partial charge in [0.2, 0.25) is 5.78 Å². The summed E-state index contributed by atoms with van der Waals surface area (Å²) in [5, 5.41) is 9.31. The first-order valence-electron chi connectivity index (χ1n) is 9.42. The van der Waals surface area contributed by atoms with E-state index in [1.54, 1.807) is 19.2 Å². The van der Waals surface area contributed by atoms with Gasteiger partial charge in [-0.25, -0.2) is 4.39 Å². The largest absolute Gasteiger partial charge is 0.289 e. The molecule has 0 unspecified atom stereocenters. The maximum Gasteiger partial charge on any atom is 0.262 e. The van der Waals surface area contributed by atoms with Crippen LogP contribution >= 0.6 is 0 Å². The molecule has 0 aliphatic heterocycles. The van der Waals surface area contributed by atoms with Gasteiger partial charge in [-0.15, -0.1) is 10.2 Å². The van der Waals surface area contributed by atoms with Gasteiger partial charge in [-0.1, -0.05) is 24.3 Å². The van der Waals surface area contributed by atoms with Crippen LogP contribution in [0.15, 0.2) is 53.3 Å². The molecule has 1 saturated carbocycles. The first-order valence-corrected chi connectivity index (χ1v) is 9.42. The Morgan fingerprint density at radius 3 is 2.71 bits per heavy atom. The van der Waals surface area contributed by atoms with Crippen LogP contribution in [-0.2, 0) is 20.1 Å². The normalized spacial score (nSPS) is 14.4. The molecule has 1 aliphatic rings. The van der Waals surface area contributed by atoms with Crippen molar-refractivity contribution in [1.82, 2.24) is 24.1 Å². The number of rotatable bonds is 5. The van der Waals surface area contributed by atoms with E-state index >= 15 is 0 Å². The van der Waals surface area contributed by atoms with Crippen LogP contribution in [-0.4, -0.2) is 30.1 Å². The van der Waals surface area contributed by atoms with Gasteiger partial charge in [-0.05, 0) is 42.7 Å². The van der Waals surface area contributed by atoms with Gasteiger partial charge in [0.1, 0.15) is 5.82 Å². The molecule has 1 fully saturated rings. The Hall–Kier alpha value is -3.06. The number of halogens is 1. The van der Waals surface area contributed by atoms with E-state index in [0.29, 0.717) is 30.3 Å². The number of fused-ring (bicyclic) bond motifs is 3. The van der Waals surface area contributed by atoms with E-state index in [1.165, 1.54) is 10.6 Å². The quantitative estimate of drug-likeness (QED) is 0.537. The van der Waals surface area contributed by atoms with E-state index in [2.05, 4.69) is 15.1 Å². The van der Waals surface area contributed by atoms with Crippen molar-refractivity contribution in [3.8, 4) is 0 Å². The number of hydrogen-bond acceptors (Lipinski definition) is 4. The highest BCUT2D eigenvalue weighted by Gasteiger charge is 2.30. The summed E-state index contributed by atoms with van der Waals surface area (Å²) in [5.74, 6) is 1.09. The molecule has 0 amide bonds. The molecule has 6 nitrogen and oxygen atoms in total. The minimum Gasteiger partial charge on any atom is -0.289 e. The molecule has 4 aromatic rings. The van der Waals surface area contributed by atoms with Crippen LogP contribution in [0.1, 0.15) is 24.2 Å². The van der Waals surface area contributed by atoms with Crippen molar-refractivity contribution >= 4 is 16.7 Å². The van der Waals surface area contributed by atoms with Crippen LogP contribution in [0.2, 0.25) is 0 Å². The Bertz CT molecular complexity index is 1240. The van der Waals surface area contributed by atoms with Crippen molar-refractivity contribution in [3.63, 3.8) is 0 Å². The second-order valence-electron chi connectivity index (χ2n) is 7.40. The lowest BCUT2D eigenvalue weighted by Crippen LogP contribution is -2.27. The van der Waals surface area contributed by atoms with Crippen LogP contribution < -0.4 is 5.56 Å². The van der Waals surface area contributed by atoms with Gasteiger partial charge in [-0.2, -0.15) is 0 Å². The fraction of sp³-hybridized carbons (Fsp3) is 0.286. The monoisotopic (exact) mass is 377 g/mol. The smallest absolute Gasteiger partial charge is 0.262 e. The molecular weight excluding hydrogens is 357 g/mol. The first-order chi connectivity index (χ1) is 13.6. The van der Waals surface area contributed by atoms with E-state index < -0.39 is 0 Å². The molecule has 0 saturated heterocycles. The number of aryl methyl sites for hydroxylation is 1. The summed E-state index contributed by atoms with van der Waals surface area (Å²) in [7, 11) is 1.72. The maximum atomic E-state index is 13.6. The fourth-order valence-electron chi connectivity index (χ4n) is 3.80. The van der Waals surface area contributed by atoms with Crippen molar-refractivity contribution in [2.75, 3.05) is 0 Å². The van der Waals surface area contributed by atoms with E-state index in [-0.39, 0.29) is 11.4 Å². The average Bonchev–Trinajstić information content (AvgIpc) is 3.46. The summed E-state index contributed by atoms with van der Waals surface area (Å²) in [6.07, 6.45) is 2.26.